The van der Waals surface area contributed by atoms with Crippen LogP contribution in [-0.2, 0) is 14.8 Å². The molecule has 0 atom stereocenters. The summed E-state index contributed by atoms with van der Waals surface area (Å²) >= 11 is 0. The lowest BCUT2D eigenvalue weighted by Crippen LogP contribution is -2.34. The maximum Gasteiger partial charge on any atom is 0.271 e. The van der Waals surface area contributed by atoms with Crippen LogP contribution in [0.5, 0.6) is 5.75 Å². The van der Waals surface area contributed by atoms with Crippen LogP contribution >= 0.6 is 0 Å². The van der Waals surface area contributed by atoms with Gasteiger partial charge in [-0.3, -0.25) is 4.79 Å². The van der Waals surface area contributed by atoms with Gasteiger partial charge in [0.2, 0.25) is 0 Å². The van der Waals surface area contributed by atoms with Gasteiger partial charge in [0, 0.05) is 0 Å². The Morgan fingerprint density at radius 3 is 2.42 bits per heavy atom. The summed E-state index contributed by atoms with van der Waals surface area (Å²) < 4.78 is 31.8. The Morgan fingerprint density at radius 2 is 1.79 bits per heavy atom. The summed E-state index contributed by atoms with van der Waals surface area (Å²) in [7, 11) is -3.88. The fourth-order valence-electron chi connectivity index (χ4n) is 2.22. The molecule has 0 spiro atoms. The molecule has 128 valence electrons. The molecule has 0 radical (unpaired) electrons. The summed E-state index contributed by atoms with van der Waals surface area (Å²) in [4.78, 5) is 12.0. The summed E-state index contributed by atoms with van der Waals surface area (Å²) in [6.07, 6.45) is 0. The van der Waals surface area contributed by atoms with Crippen molar-refractivity contribution in [2.75, 3.05) is 6.61 Å². The van der Waals surface area contributed by atoms with Crippen LogP contribution in [0.3, 0.4) is 0 Å². The summed E-state index contributed by atoms with van der Waals surface area (Å²) in [5.74, 6) is 0.115. The zero-order valence-electron chi connectivity index (χ0n) is 13.9. The van der Waals surface area contributed by atoms with Crippen molar-refractivity contribution in [2.24, 2.45) is 0 Å². The Bertz CT molecular complexity index is 814. The number of sulfonamides is 1. The fraction of sp³-hybridized carbons (Fsp3) is 0.278. The first-order chi connectivity index (χ1) is 11.3. The zero-order valence-corrected chi connectivity index (χ0v) is 14.8. The van der Waals surface area contributed by atoms with E-state index < -0.39 is 15.9 Å². The number of carbonyl (C=O) groups is 1. The van der Waals surface area contributed by atoms with Crippen molar-refractivity contribution in [3.05, 3.63) is 59.7 Å². The van der Waals surface area contributed by atoms with Crippen LogP contribution in [0.1, 0.15) is 30.9 Å². The zero-order chi connectivity index (χ0) is 17.7. The molecule has 1 N–H and O–H groups in total. The van der Waals surface area contributed by atoms with Gasteiger partial charge in [-0.25, -0.2) is 13.1 Å². The van der Waals surface area contributed by atoms with Crippen LogP contribution in [0.15, 0.2) is 53.4 Å². The molecule has 24 heavy (non-hydrogen) atoms. The third-order valence-electron chi connectivity index (χ3n) is 3.45. The van der Waals surface area contributed by atoms with Crippen LogP contribution < -0.4 is 9.46 Å². The number of ether oxygens (including phenoxy) is 1. The van der Waals surface area contributed by atoms with Crippen molar-refractivity contribution in [1.29, 1.82) is 0 Å². The fourth-order valence-corrected chi connectivity index (χ4v) is 3.22. The lowest BCUT2D eigenvalue weighted by atomic mass is 10.0. The average molecular weight is 347 g/mol. The average Bonchev–Trinajstić information content (AvgIpc) is 2.53. The topological polar surface area (TPSA) is 72.5 Å². The van der Waals surface area contributed by atoms with Gasteiger partial charge in [-0.05, 0) is 42.2 Å². The predicted molar refractivity (Wildman–Crippen MR) is 92.5 cm³/mol. The quantitative estimate of drug-likeness (QED) is 0.872. The highest BCUT2D eigenvalue weighted by atomic mass is 32.2. The van der Waals surface area contributed by atoms with Crippen LogP contribution in [0.4, 0.5) is 0 Å². The minimum atomic E-state index is -3.88. The summed E-state index contributed by atoms with van der Waals surface area (Å²) in [5, 5.41) is 0. The number of hydrogen-bond donors (Lipinski definition) is 1. The highest BCUT2D eigenvalue weighted by molar-refractivity contribution is 7.90. The van der Waals surface area contributed by atoms with Gasteiger partial charge in [0.1, 0.15) is 5.75 Å². The summed E-state index contributed by atoms with van der Waals surface area (Å²) in [6.45, 7) is 5.61. The Hall–Kier alpha value is -2.34. The number of amides is 1. The molecular weight excluding hydrogens is 326 g/mol. The van der Waals surface area contributed by atoms with Crippen molar-refractivity contribution in [3.63, 3.8) is 0 Å². The maximum atomic E-state index is 12.1. The molecule has 2 aromatic rings. The SMILES string of the molecule is Cc1ccc(C(C)C)c(OCC(=O)NS(=O)(=O)c2ccccc2)c1. The largest absolute Gasteiger partial charge is 0.483 e. The Kier molecular flexibility index (Phi) is 5.62. The standard InChI is InChI=1S/C18H21NO4S/c1-13(2)16-10-9-14(3)11-17(16)23-12-18(20)19-24(21,22)15-7-5-4-6-8-15/h4-11,13H,12H2,1-3H3,(H,19,20). The maximum absolute atomic E-state index is 12.1. The van der Waals surface area contributed by atoms with Gasteiger partial charge in [0.15, 0.2) is 6.61 Å². The van der Waals surface area contributed by atoms with E-state index >= 15 is 0 Å². The molecule has 0 fully saturated rings. The molecule has 0 saturated carbocycles. The number of rotatable bonds is 6. The van der Waals surface area contributed by atoms with Crippen LogP contribution in [0, 0.1) is 6.92 Å². The first-order valence-corrected chi connectivity index (χ1v) is 9.12. The van der Waals surface area contributed by atoms with Gasteiger partial charge in [-0.2, -0.15) is 0 Å². The summed E-state index contributed by atoms with van der Waals surface area (Å²) in [5.41, 5.74) is 1.98. The molecule has 0 saturated heterocycles. The number of nitrogens with one attached hydrogen (secondary N) is 1. The molecule has 6 heteroatoms. The molecule has 0 heterocycles. The normalized spacial score (nSPS) is 11.3. The van der Waals surface area contributed by atoms with E-state index in [1.54, 1.807) is 18.2 Å². The third-order valence-corrected chi connectivity index (χ3v) is 4.84. The van der Waals surface area contributed by atoms with E-state index in [9.17, 15) is 13.2 Å². The molecule has 5 nitrogen and oxygen atoms in total. The van der Waals surface area contributed by atoms with E-state index in [2.05, 4.69) is 0 Å². The van der Waals surface area contributed by atoms with Gasteiger partial charge in [-0.1, -0.05) is 44.2 Å². The predicted octanol–water partition coefficient (Wildman–Crippen LogP) is 3.00. The monoisotopic (exact) mass is 347 g/mol. The van der Waals surface area contributed by atoms with Crippen LogP contribution in [0.25, 0.3) is 0 Å². The van der Waals surface area contributed by atoms with E-state index in [-0.39, 0.29) is 17.4 Å². The van der Waals surface area contributed by atoms with E-state index in [0.29, 0.717) is 5.75 Å². The van der Waals surface area contributed by atoms with Gasteiger partial charge in [0.25, 0.3) is 15.9 Å². The second-order valence-electron chi connectivity index (χ2n) is 5.83. The number of benzene rings is 2. The van der Waals surface area contributed by atoms with E-state index in [0.717, 1.165) is 11.1 Å². The van der Waals surface area contributed by atoms with Gasteiger partial charge >= 0.3 is 0 Å². The number of hydrogen-bond acceptors (Lipinski definition) is 4. The van der Waals surface area contributed by atoms with E-state index in [4.69, 9.17) is 4.74 Å². The first kappa shape index (κ1) is 18.0. The van der Waals surface area contributed by atoms with Crippen molar-refractivity contribution < 1.29 is 17.9 Å². The molecule has 2 aromatic carbocycles. The molecule has 0 aliphatic carbocycles. The lowest BCUT2D eigenvalue weighted by Gasteiger charge is -2.15. The second-order valence-corrected chi connectivity index (χ2v) is 7.51. The smallest absolute Gasteiger partial charge is 0.271 e. The van der Waals surface area contributed by atoms with Gasteiger partial charge in [-0.15, -0.1) is 0 Å². The molecule has 0 aromatic heterocycles. The van der Waals surface area contributed by atoms with Crippen LogP contribution in [-0.4, -0.2) is 20.9 Å². The third kappa shape index (κ3) is 4.58. The van der Waals surface area contributed by atoms with Crippen molar-refractivity contribution in [3.8, 4) is 5.75 Å². The second kappa shape index (κ2) is 7.49. The molecule has 2 rings (SSSR count). The Balaban J connectivity index is 2.05. The molecule has 0 aliphatic heterocycles. The minimum absolute atomic E-state index is 0.0387. The van der Waals surface area contributed by atoms with Crippen molar-refractivity contribution >= 4 is 15.9 Å². The molecular formula is C18H21NO4S. The molecule has 0 aliphatic rings. The van der Waals surface area contributed by atoms with E-state index in [1.165, 1.54) is 12.1 Å². The van der Waals surface area contributed by atoms with E-state index in [1.807, 2.05) is 43.7 Å². The highest BCUT2D eigenvalue weighted by Gasteiger charge is 2.18. The molecule has 0 unspecified atom stereocenters. The lowest BCUT2D eigenvalue weighted by molar-refractivity contribution is -0.121. The van der Waals surface area contributed by atoms with Crippen molar-refractivity contribution in [1.82, 2.24) is 4.72 Å². The number of aryl methyl sites for hydroxylation is 1. The molecule has 1 amide bonds. The van der Waals surface area contributed by atoms with Gasteiger partial charge < -0.3 is 4.74 Å². The molecule has 0 bridgehead atoms. The minimum Gasteiger partial charge on any atom is -0.483 e. The van der Waals surface area contributed by atoms with Crippen molar-refractivity contribution in [2.45, 2.75) is 31.6 Å². The van der Waals surface area contributed by atoms with Crippen LogP contribution in [0.2, 0.25) is 0 Å². The first-order valence-electron chi connectivity index (χ1n) is 7.63. The Labute approximate surface area is 142 Å². The summed E-state index contributed by atoms with van der Waals surface area (Å²) in [6, 6.07) is 13.5. The van der Waals surface area contributed by atoms with Gasteiger partial charge in [0.05, 0.1) is 4.90 Å². The Morgan fingerprint density at radius 1 is 1.12 bits per heavy atom. The highest BCUT2D eigenvalue weighted by Crippen LogP contribution is 2.27. The number of carbonyl (C=O) groups excluding carboxylic acids is 1.